The number of aliphatic hydroxyl groups is 3. The molecule has 1 amide bonds. The number of hydrogen-bond donors (Lipinski definition) is 4. The molecule has 0 bridgehead atoms. The summed E-state index contributed by atoms with van der Waals surface area (Å²) in [4.78, 5) is 11.2. The Balaban J connectivity index is 2.63. The summed E-state index contributed by atoms with van der Waals surface area (Å²) >= 11 is 0. The van der Waals surface area contributed by atoms with Crippen LogP contribution >= 0.6 is 0 Å². The Morgan fingerprint density at radius 3 is 2.64 bits per heavy atom. The minimum absolute atomic E-state index is 0.00310. The number of hydrogen-bond acceptors (Lipinski definition) is 5. The molecule has 6 nitrogen and oxygen atoms in total. The second-order valence-electron chi connectivity index (χ2n) is 3.26. The summed E-state index contributed by atoms with van der Waals surface area (Å²) in [6.07, 6.45) is -3.23. The van der Waals surface area contributed by atoms with Gasteiger partial charge in [0.05, 0.1) is 25.2 Å². The maximum atomic E-state index is 11.2. The third-order valence-corrected chi connectivity index (χ3v) is 2.40. The lowest BCUT2D eigenvalue weighted by atomic mass is 9.92. The van der Waals surface area contributed by atoms with Gasteiger partial charge in [0.15, 0.2) is 0 Å². The van der Waals surface area contributed by atoms with E-state index in [9.17, 15) is 15.0 Å². The second-order valence-corrected chi connectivity index (χ2v) is 3.26. The van der Waals surface area contributed by atoms with E-state index < -0.39 is 24.2 Å². The number of ether oxygens (including phenoxy) is 1. The molecule has 0 aromatic rings. The average Bonchev–Trinajstić information content (AvgIpc) is 2.21. The van der Waals surface area contributed by atoms with Gasteiger partial charge >= 0.3 is 0 Å². The molecule has 4 atom stereocenters. The molecule has 1 rings (SSSR count). The maximum absolute atomic E-state index is 11.2. The van der Waals surface area contributed by atoms with Gasteiger partial charge in [-0.25, -0.2) is 0 Å². The van der Waals surface area contributed by atoms with Crippen molar-refractivity contribution in [1.29, 1.82) is 0 Å². The van der Waals surface area contributed by atoms with Crippen LogP contribution in [0.1, 0.15) is 0 Å². The summed E-state index contributed by atoms with van der Waals surface area (Å²) in [6.45, 7) is -0.373. The summed E-state index contributed by atoms with van der Waals surface area (Å²) < 4.78 is 5.02. The summed E-state index contributed by atoms with van der Waals surface area (Å²) in [5, 5.41) is 30.1. The number of rotatable bonds is 2. The molecule has 1 fully saturated rings. The van der Waals surface area contributed by atoms with Gasteiger partial charge in [0.2, 0.25) is 5.91 Å². The van der Waals surface area contributed by atoms with E-state index >= 15 is 0 Å². The summed E-state index contributed by atoms with van der Waals surface area (Å²) in [7, 11) is 1.44. The SMILES string of the molecule is CNC(=O)C1CO[C@H](CO)[C@H](O)[C@@H]1O. The summed E-state index contributed by atoms with van der Waals surface area (Å²) in [5.41, 5.74) is 0. The minimum Gasteiger partial charge on any atom is -0.394 e. The molecule has 1 heterocycles. The van der Waals surface area contributed by atoms with Crippen LogP contribution in [0.25, 0.3) is 0 Å². The molecule has 6 heteroatoms. The van der Waals surface area contributed by atoms with Gasteiger partial charge in [0.1, 0.15) is 12.2 Å². The van der Waals surface area contributed by atoms with Crippen molar-refractivity contribution >= 4 is 5.91 Å². The third kappa shape index (κ3) is 2.03. The van der Waals surface area contributed by atoms with E-state index in [4.69, 9.17) is 9.84 Å². The highest BCUT2D eigenvalue weighted by atomic mass is 16.5. The highest BCUT2D eigenvalue weighted by molar-refractivity contribution is 5.79. The van der Waals surface area contributed by atoms with Crippen molar-refractivity contribution in [3.05, 3.63) is 0 Å². The van der Waals surface area contributed by atoms with E-state index in [1.165, 1.54) is 7.05 Å². The van der Waals surface area contributed by atoms with Gasteiger partial charge in [-0.2, -0.15) is 0 Å². The van der Waals surface area contributed by atoms with Gasteiger partial charge in [0.25, 0.3) is 0 Å². The van der Waals surface area contributed by atoms with Crippen molar-refractivity contribution in [1.82, 2.24) is 5.32 Å². The van der Waals surface area contributed by atoms with Gasteiger partial charge < -0.3 is 25.4 Å². The fourth-order valence-corrected chi connectivity index (χ4v) is 1.46. The van der Waals surface area contributed by atoms with E-state index in [0.29, 0.717) is 0 Å². The quantitative estimate of drug-likeness (QED) is 0.398. The first-order valence-electron chi connectivity index (χ1n) is 4.42. The van der Waals surface area contributed by atoms with Crippen LogP contribution in [-0.2, 0) is 9.53 Å². The molecule has 1 aliphatic rings. The van der Waals surface area contributed by atoms with Crippen LogP contribution in [0, 0.1) is 5.92 Å². The van der Waals surface area contributed by atoms with E-state index in [-0.39, 0.29) is 19.1 Å². The van der Waals surface area contributed by atoms with E-state index in [0.717, 1.165) is 0 Å². The van der Waals surface area contributed by atoms with Crippen LogP contribution in [0.15, 0.2) is 0 Å². The molecule has 82 valence electrons. The lowest BCUT2D eigenvalue weighted by Crippen LogP contribution is -2.55. The molecular weight excluding hydrogens is 190 g/mol. The average molecular weight is 205 g/mol. The standard InChI is InChI=1S/C8H15NO5/c1-9-8(13)4-3-14-5(2-10)7(12)6(4)11/h4-7,10-12H,2-3H2,1H3,(H,9,13)/t4?,5-,6-,7+/m1/s1. The van der Waals surface area contributed by atoms with Gasteiger partial charge in [0, 0.05) is 7.05 Å². The molecule has 1 unspecified atom stereocenters. The van der Waals surface area contributed by atoms with Gasteiger partial charge in [-0.05, 0) is 0 Å². The zero-order chi connectivity index (χ0) is 10.7. The smallest absolute Gasteiger partial charge is 0.227 e. The number of aliphatic hydroxyl groups excluding tert-OH is 3. The highest BCUT2D eigenvalue weighted by Gasteiger charge is 2.41. The Kier molecular flexibility index (Phi) is 3.82. The van der Waals surface area contributed by atoms with Crippen LogP contribution in [0.4, 0.5) is 0 Å². The van der Waals surface area contributed by atoms with Gasteiger partial charge in [-0.3, -0.25) is 4.79 Å². The first kappa shape index (κ1) is 11.4. The number of carbonyl (C=O) groups is 1. The topological polar surface area (TPSA) is 99.0 Å². The molecule has 14 heavy (non-hydrogen) atoms. The Morgan fingerprint density at radius 2 is 2.14 bits per heavy atom. The number of amides is 1. The number of nitrogens with one attached hydrogen (secondary N) is 1. The van der Waals surface area contributed by atoms with Crippen LogP contribution < -0.4 is 5.32 Å². The van der Waals surface area contributed by atoms with Crippen molar-refractivity contribution in [2.24, 2.45) is 5.92 Å². The number of carbonyl (C=O) groups excluding carboxylic acids is 1. The largest absolute Gasteiger partial charge is 0.394 e. The molecule has 0 spiro atoms. The van der Waals surface area contributed by atoms with E-state index in [1.807, 2.05) is 0 Å². The second kappa shape index (κ2) is 4.70. The molecule has 1 aliphatic heterocycles. The summed E-state index contributed by atoms with van der Waals surface area (Å²) in [6, 6.07) is 0. The Hall–Kier alpha value is -0.690. The van der Waals surface area contributed by atoms with E-state index in [1.54, 1.807) is 0 Å². The molecular formula is C8H15NO5. The highest BCUT2D eigenvalue weighted by Crippen LogP contribution is 2.20. The first-order valence-corrected chi connectivity index (χ1v) is 4.42. The molecule has 0 aromatic carbocycles. The van der Waals surface area contributed by atoms with E-state index in [2.05, 4.69) is 5.32 Å². The Morgan fingerprint density at radius 1 is 1.50 bits per heavy atom. The zero-order valence-corrected chi connectivity index (χ0v) is 7.88. The zero-order valence-electron chi connectivity index (χ0n) is 7.88. The van der Waals surface area contributed by atoms with Crippen molar-refractivity contribution in [2.75, 3.05) is 20.3 Å². The minimum atomic E-state index is -1.23. The van der Waals surface area contributed by atoms with Crippen molar-refractivity contribution in [2.45, 2.75) is 18.3 Å². The van der Waals surface area contributed by atoms with Crippen LogP contribution in [0.5, 0.6) is 0 Å². The molecule has 0 aliphatic carbocycles. The van der Waals surface area contributed by atoms with Crippen LogP contribution in [0.3, 0.4) is 0 Å². The normalized spacial score (nSPS) is 38.0. The molecule has 1 saturated heterocycles. The molecule has 0 saturated carbocycles. The lowest BCUT2D eigenvalue weighted by molar-refractivity contribution is -0.181. The fourth-order valence-electron chi connectivity index (χ4n) is 1.46. The molecule has 0 aromatic heterocycles. The van der Waals surface area contributed by atoms with Crippen molar-refractivity contribution in [3.63, 3.8) is 0 Å². The Labute approximate surface area is 81.5 Å². The van der Waals surface area contributed by atoms with Crippen molar-refractivity contribution < 1.29 is 24.9 Å². The van der Waals surface area contributed by atoms with Crippen molar-refractivity contribution in [3.8, 4) is 0 Å². The van der Waals surface area contributed by atoms with Gasteiger partial charge in [-0.1, -0.05) is 0 Å². The monoisotopic (exact) mass is 205 g/mol. The molecule has 4 N–H and O–H groups in total. The fraction of sp³-hybridized carbons (Fsp3) is 0.875. The Bertz CT molecular complexity index is 210. The first-order chi connectivity index (χ1) is 6.61. The maximum Gasteiger partial charge on any atom is 0.227 e. The summed E-state index contributed by atoms with van der Waals surface area (Å²) in [5.74, 6) is -1.16. The van der Waals surface area contributed by atoms with Crippen LogP contribution in [0.2, 0.25) is 0 Å². The third-order valence-electron chi connectivity index (χ3n) is 2.40. The predicted molar refractivity (Wildman–Crippen MR) is 46.4 cm³/mol. The predicted octanol–water partition coefficient (Wildman–Crippen LogP) is -2.54. The lowest BCUT2D eigenvalue weighted by Gasteiger charge is -2.35. The van der Waals surface area contributed by atoms with Gasteiger partial charge in [-0.15, -0.1) is 0 Å². The molecule has 0 radical (unpaired) electrons. The van der Waals surface area contributed by atoms with Crippen LogP contribution in [-0.4, -0.2) is 59.8 Å².